The highest BCUT2D eigenvalue weighted by molar-refractivity contribution is 9.11. The van der Waals surface area contributed by atoms with Crippen LogP contribution >= 0.6 is 47.8 Å². The van der Waals surface area contributed by atoms with E-state index < -0.39 is 0 Å². The van der Waals surface area contributed by atoms with Crippen LogP contribution in [0, 0.1) is 0 Å². The maximum atomic E-state index is 12.5. The Balaban J connectivity index is 1.74. The van der Waals surface area contributed by atoms with Crippen LogP contribution in [0.4, 0.5) is 0 Å². The van der Waals surface area contributed by atoms with Crippen LogP contribution in [0.5, 0.6) is 17.2 Å². The first-order valence-corrected chi connectivity index (χ1v) is 11.7. The van der Waals surface area contributed by atoms with Crippen molar-refractivity contribution in [3.8, 4) is 17.2 Å². The quantitative estimate of drug-likeness (QED) is 0.234. The van der Waals surface area contributed by atoms with E-state index in [0.29, 0.717) is 35.0 Å². The first-order chi connectivity index (χ1) is 15.4. The van der Waals surface area contributed by atoms with Gasteiger partial charge < -0.3 is 14.2 Å². The van der Waals surface area contributed by atoms with E-state index in [1.54, 1.807) is 18.2 Å². The standard InChI is InChI=1S/C23H19Br3N2O4/c1-30-20-8-5-15(10-21(20)31-2)23(29)28-27-12-16-9-18(25)11-19(26)22(16)32-13-14-3-6-17(24)7-4-14/h3-12H,13H2,1-2H3,(H,28,29)/b27-12+. The Morgan fingerprint density at radius 2 is 1.66 bits per heavy atom. The van der Waals surface area contributed by atoms with Gasteiger partial charge in [0.05, 0.1) is 24.9 Å². The summed E-state index contributed by atoms with van der Waals surface area (Å²) in [7, 11) is 3.05. The van der Waals surface area contributed by atoms with Gasteiger partial charge in [-0.25, -0.2) is 5.43 Å². The average molecular weight is 627 g/mol. The number of hydrogen-bond donors (Lipinski definition) is 1. The van der Waals surface area contributed by atoms with Gasteiger partial charge in [0.25, 0.3) is 5.91 Å². The van der Waals surface area contributed by atoms with E-state index in [2.05, 4.69) is 58.3 Å². The van der Waals surface area contributed by atoms with Gasteiger partial charge in [0, 0.05) is 20.1 Å². The second-order valence-electron chi connectivity index (χ2n) is 6.49. The Kier molecular flexibility index (Phi) is 8.72. The third-order valence-electron chi connectivity index (χ3n) is 4.35. The summed E-state index contributed by atoms with van der Waals surface area (Å²) < 4.78 is 19.1. The lowest BCUT2D eigenvalue weighted by molar-refractivity contribution is 0.0954. The summed E-state index contributed by atoms with van der Waals surface area (Å²) in [6.07, 6.45) is 1.53. The molecule has 1 amide bonds. The fraction of sp³-hybridized carbons (Fsp3) is 0.130. The Morgan fingerprint density at radius 1 is 0.938 bits per heavy atom. The predicted octanol–water partition coefficient (Wildman–Crippen LogP) is 6.33. The molecule has 0 aromatic heterocycles. The minimum atomic E-state index is -0.381. The number of nitrogens with one attached hydrogen (secondary N) is 1. The summed E-state index contributed by atoms with van der Waals surface area (Å²) in [5, 5.41) is 4.10. The monoisotopic (exact) mass is 624 g/mol. The largest absolute Gasteiger partial charge is 0.493 e. The van der Waals surface area contributed by atoms with E-state index in [4.69, 9.17) is 14.2 Å². The molecule has 32 heavy (non-hydrogen) atoms. The number of nitrogens with zero attached hydrogens (tertiary/aromatic N) is 1. The molecule has 0 heterocycles. The van der Waals surface area contributed by atoms with Crippen LogP contribution in [0.1, 0.15) is 21.5 Å². The number of halogens is 3. The molecule has 166 valence electrons. The average Bonchev–Trinajstić information content (AvgIpc) is 2.79. The van der Waals surface area contributed by atoms with Gasteiger partial charge in [0.1, 0.15) is 12.4 Å². The molecule has 0 atom stereocenters. The molecule has 0 bridgehead atoms. The summed E-state index contributed by atoms with van der Waals surface area (Å²) in [4.78, 5) is 12.5. The molecule has 3 rings (SSSR count). The second kappa shape index (κ2) is 11.5. The molecule has 9 heteroatoms. The Hall–Kier alpha value is -2.36. The molecule has 1 N–H and O–H groups in total. The number of hydrazone groups is 1. The normalized spacial score (nSPS) is 10.8. The van der Waals surface area contributed by atoms with Crippen LogP contribution in [-0.4, -0.2) is 26.3 Å². The zero-order valence-electron chi connectivity index (χ0n) is 17.2. The highest BCUT2D eigenvalue weighted by atomic mass is 79.9. The van der Waals surface area contributed by atoms with E-state index in [1.807, 2.05) is 36.4 Å². The van der Waals surface area contributed by atoms with Crippen molar-refractivity contribution in [3.05, 3.63) is 84.7 Å². The molecule has 0 saturated heterocycles. The van der Waals surface area contributed by atoms with Gasteiger partial charge in [-0.3, -0.25) is 4.79 Å². The van der Waals surface area contributed by atoms with Crippen molar-refractivity contribution in [3.63, 3.8) is 0 Å². The summed E-state index contributed by atoms with van der Waals surface area (Å²) in [5.41, 5.74) is 4.63. The smallest absolute Gasteiger partial charge is 0.271 e. The van der Waals surface area contributed by atoms with Gasteiger partial charge >= 0.3 is 0 Å². The number of hydrogen-bond acceptors (Lipinski definition) is 5. The van der Waals surface area contributed by atoms with Crippen LogP contribution in [-0.2, 0) is 6.61 Å². The summed E-state index contributed by atoms with van der Waals surface area (Å²) >= 11 is 10.4. The van der Waals surface area contributed by atoms with Crippen molar-refractivity contribution >= 4 is 59.9 Å². The molecule has 0 aliphatic carbocycles. The zero-order valence-corrected chi connectivity index (χ0v) is 22.0. The van der Waals surface area contributed by atoms with Gasteiger partial charge in [-0.05, 0) is 64.0 Å². The van der Waals surface area contributed by atoms with E-state index in [-0.39, 0.29) is 5.91 Å². The lowest BCUT2D eigenvalue weighted by Gasteiger charge is -2.12. The van der Waals surface area contributed by atoms with E-state index in [9.17, 15) is 4.79 Å². The van der Waals surface area contributed by atoms with E-state index in [0.717, 1.165) is 19.0 Å². The number of rotatable bonds is 8. The molecule has 0 radical (unpaired) electrons. The first kappa shape index (κ1) is 24.3. The molecule has 3 aromatic rings. The van der Waals surface area contributed by atoms with Crippen LogP contribution in [0.2, 0.25) is 0 Å². The van der Waals surface area contributed by atoms with E-state index >= 15 is 0 Å². The highest BCUT2D eigenvalue weighted by Crippen LogP contribution is 2.33. The maximum Gasteiger partial charge on any atom is 0.271 e. The SMILES string of the molecule is COc1ccc(C(=O)N/N=C/c2cc(Br)cc(Br)c2OCc2ccc(Br)cc2)cc1OC. The molecule has 6 nitrogen and oxygen atoms in total. The van der Waals surface area contributed by atoms with Crippen molar-refractivity contribution in [2.24, 2.45) is 5.10 Å². The number of benzene rings is 3. The molecule has 0 fully saturated rings. The number of methoxy groups -OCH3 is 2. The van der Waals surface area contributed by atoms with Crippen molar-refractivity contribution in [1.29, 1.82) is 0 Å². The molecule has 0 aliphatic rings. The van der Waals surface area contributed by atoms with Gasteiger partial charge in [0.2, 0.25) is 0 Å². The molecule has 0 unspecified atom stereocenters. The minimum Gasteiger partial charge on any atom is -0.493 e. The van der Waals surface area contributed by atoms with Crippen molar-refractivity contribution in [2.75, 3.05) is 14.2 Å². The number of amides is 1. The van der Waals surface area contributed by atoms with Crippen molar-refractivity contribution in [2.45, 2.75) is 6.61 Å². The number of ether oxygens (including phenoxy) is 3. The van der Waals surface area contributed by atoms with Crippen molar-refractivity contribution in [1.82, 2.24) is 5.43 Å². The van der Waals surface area contributed by atoms with Crippen LogP contribution < -0.4 is 19.6 Å². The molecule has 3 aromatic carbocycles. The maximum absolute atomic E-state index is 12.5. The number of carbonyl (C=O) groups is 1. The van der Waals surface area contributed by atoms with Gasteiger partial charge in [-0.15, -0.1) is 0 Å². The molecular formula is C23H19Br3N2O4. The molecular weight excluding hydrogens is 608 g/mol. The third kappa shape index (κ3) is 6.34. The second-order valence-corrected chi connectivity index (χ2v) is 9.18. The predicted molar refractivity (Wildman–Crippen MR) is 135 cm³/mol. The summed E-state index contributed by atoms with van der Waals surface area (Å²) in [6.45, 7) is 0.381. The Labute approximate surface area is 211 Å². The number of carbonyl (C=O) groups excluding carboxylic acids is 1. The third-order valence-corrected chi connectivity index (χ3v) is 5.92. The lowest BCUT2D eigenvalue weighted by Crippen LogP contribution is -2.17. The fourth-order valence-electron chi connectivity index (χ4n) is 2.77. The van der Waals surface area contributed by atoms with Crippen LogP contribution in [0.15, 0.2) is 73.1 Å². The Morgan fingerprint density at radius 3 is 2.34 bits per heavy atom. The van der Waals surface area contributed by atoms with Gasteiger partial charge in [0.15, 0.2) is 11.5 Å². The summed E-state index contributed by atoms with van der Waals surface area (Å²) in [5.74, 6) is 1.23. The highest BCUT2D eigenvalue weighted by Gasteiger charge is 2.12. The molecule has 0 aliphatic heterocycles. The first-order valence-electron chi connectivity index (χ1n) is 9.33. The van der Waals surface area contributed by atoms with Crippen molar-refractivity contribution < 1.29 is 19.0 Å². The van der Waals surface area contributed by atoms with Gasteiger partial charge in [-0.1, -0.05) is 44.0 Å². The van der Waals surface area contributed by atoms with Gasteiger partial charge in [-0.2, -0.15) is 5.10 Å². The molecule has 0 saturated carbocycles. The zero-order chi connectivity index (χ0) is 23.1. The lowest BCUT2D eigenvalue weighted by atomic mass is 10.2. The van der Waals surface area contributed by atoms with E-state index in [1.165, 1.54) is 20.4 Å². The topological polar surface area (TPSA) is 69.2 Å². The Bertz CT molecular complexity index is 1130. The summed E-state index contributed by atoms with van der Waals surface area (Å²) in [6, 6.07) is 16.5. The molecule has 0 spiro atoms. The van der Waals surface area contributed by atoms with Crippen LogP contribution in [0.25, 0.3) is 0 Å². The van der Waals surface area contributed by atoms with Crippen LogP contribution in [0.3, 0.4) is 0 Å². The minimum absolute atomic E-state index is 0.381. The fourth-order valence-corrected chi connectivity index (χ4v) is 4.40.